The van der Waals surface area contributed by atoms with Crippen LogP contribution >= 0.6 is 11.8 Å². The Morgan fingerprint density at radius 3 is 2.67 bits per heavy atom. The third-order valence-corrected chi connectivity index (χ3v) is 5.88. The number of fused-ring (bicyclic) bond motifs is 3. The lowest BCUT2D eigenvalue weighted by Gasteiger charge is -2.11. The molecule has 0 spiro atoms. The summed E-state index contributed by atoms with van der Waals surface area (Å²) in [5, 5.41) is 9.77. The third-order valence-electron chi connectivity index (χ3n) is 4.95. The quantitative estimate of drug-likeness (QED) is 0.317. The van der Waals surface area contributed by atoms with Crippen LogP contribution in [-0.4, -0.2) is 37.8 Å². The maximum Gasteiger partial charge on any atom is 0.262 e. The normalized spacial score (nSPS) is 11.3. The van der Waals surface area contributed by atoms with Crippen molar-refractivity contribution in [3.05, 3.63) is 64.4 Å². The Morgan fingerprint density at radius 1 is 1.10 bits per heavy atom. The Morgan fingerprint density at radius 2 is 1.87 bits per heavy atom. The van der Waals surface area contributed by atoms with Gasteiger partial charge in [-0.2, -0.15) is 0 Å². The molecule has 154 valence electrons. The Labute approximate surface area is 177 Å². The summed E-state index contributed by atoms with van der Waals surface area (Å²) < 4.78 is 8.84. The second-order valence-corrected chi connectivity index (χ2v) is 7.80. The smallest absolute Gasteiger partial charge is 0.262 e. The predicted octanol–water partition coefficient (Wildman–Crippen LogP) is 3.83. The number of para-hydroxylation sites is 2. The van der Waals surface area contributed by atoms with Crippen LogP contribution in [0.25, 0.3) is 16.7 Å². The number of unbranched alkanes of at least 4 members (excludes halogenated alkanes) is 1. The van der Waals surface area contributed by atoms with Gasteiger partial charge in [0.05, 0.1) is 29.3 Å². The second-order valence-electron chi connectivity index (χ2n) is 6.86. The molecule has 8 heteroatoms. The number of carbonyl (C=O) groups excluding carboxylic acids is 1. The fraction of sp³-hybridized carbons (Fsp3) is 0.273. The molecule has 0 N–H and O–H groups in total. The average molecular weight is 423 g/mol. The fourth-order valence-corrected chi connectivity index (χ4v) is 4.25. The van der Waals surface area contributed by atoms with Gasteiger partial charge in [0.15, 0.2) is 10.9 Å². The summed E-state index contributed by atoms with van der Waals surface area (Å²) in [6.45, 7) is 2.66. The summed E-state index contributed by atoms with van der Waals surface area (Å²) in [5.74, 6) is 1.18. The van der Waals surface area contributed by atoms with Crippen molar-refractivity contribution in [2.45, 2.75) is 31.5 Å². The van der Waals surface area contributed by atoms with Crippen LogP contribution in [0.5, 0.6) is 5.75 Å². The Balaban J connectivity index is 1.74. The van der Waals surface area contributed by atoms with E-state index in [1.165, 1.54) is 11.8 Å². The first-order valence-corrected chi connectivity index (χ1v) is 10.8. The highest BCUT2D eigenvalue weighted by Gasteiger charge is 2.18. The molecule has 0 atom stereocenters. The minimum atomic E-state index is -0.0689. The summed E-state index contributed by atoms with van der Waals surface area (Å²) in [4.78, 5) is 25.8. The lowest BCUT2D eigenvalue weighted by Crippen LogP contribution is -2.23. The lowest BCUT2D eigenvalue weighted by molar-refractivity contribution is 0.101. The first-order valence-electron chi connectivity index (χ1n) is 9.81. The number of carbonyl (C=O) groups is 1. The molecule has 4 aromatic rings. The van der Waals surface area contributed by atoms with E-state index in [0.29, 0.717) is 34.2 Å². The highest BCUT2D eigenvalue weighted by molar-refractivity contribution is 7.99. The van der Waals surface area contributed by atoms with E-state index >= 15 is 0 Å². The number of aryl methyl sites for hydroxylation is 1. The molecule has 7 nitrogen and oxygen atoms in total. The van der Waals surface area contributed by atoms with E-state index in [2.05, 4.69) is 17.1 Å². The van der Waals surface area contributed by atoms with E-state index in [1.54, 1.807) is 23.8 Å². The van der Waals surface area contributed by atoms with Gasteiger partial charge in [0.2, 0.25) is 5.78 Å². The molecule has 4 rings (SSSR count). The molecule has 2 aromatic heterocycles. The molecular weight excluding hydrogens is 400 g/mol. The van der Waals surface area contributed by atoms with Gasteiger partial charge in [-0.15, -0.1) is 10.2 Å². The summed E-state index contributed by atoms with van der Waals surface area (Å²) in [7, 11) is 1.55. The number of methoxy groups -OCH3 is 1. The van der Waals surface area contributed by atoms with Gasteiger partial charge >= 0.3 is 0 Å². The Bertz CT molecular complexity index is 1280. The van der Waals surface area contributed by atoms with Crippen LogP contribution < -0.4 is 10.3 Å². The number of Topliss-reactive ketones (excluding diaryl/α,β-unsaturated/α-hetero) is 1. The van der Waals surface area contributed by atoms with E-state index in [0.717, 1.165) is 18.4 Å². The van der Waals surface area contributed by atoms with Crippen molar-refractivity contribution < 1.29 is 9.53 Å². The van der Waals surface area contributed by atoms with Gasteiger partial charge in [-0.05, 0) is 30.7 Å². The number of ether oxygens (including phenoxy) is 1. The van der Waals surface area contributed by atoms with Crippen LogP contribution in [0.15, 0.2) is 58.5 Å². The van der Waals surface area contributed by atoms with Crippen molar-refractivity contribution in [1.29, 1.82) is 0 Å². The number of thioether (sulfide) groups is 1. The van der Waals surface area contributed by atoms with Crippen molar-refractivity contribution in [3.63, 3.8) is 0 Å². The van der Waals surface area contributed by atoms with Gasteiger partial charge in [0, 0.05) is 6.54 Å². The Hall–Kier alpha value is -3.13. The molecule has 0 saturated heterocycles. The molecule has 2 aromatic carbocycles. The van der Waals surface area contributed by atoms with E-state index in [4.69, 9.17) is 4.74 Å². The summed E-state index contributed by atoms with van der Waals surface area (Å²) in [6, 6.07) is 14.6. The molecule has 0 aliphatic rings. The minimum Gasteiger partial charge on any atom is -0.496 e. The van der Waals surface area contributed by atoms with E-state index in [1.807, 2.05) is 40.8 Å². The number of aromatic nitrogens is 4. The summed E-state index contributed by atoms with van der Waals surface area (Å²) >= 11 is 1.30. The minimum absolute atomic E-state index is 0.0576. The predicted molar refractivity (Wildman–Crippen MR) is 118 cm³/mol. The monoisotopic (exact) mass is 422 g/mol. The average Bonchev–Trinajstić information content (AvgIpc) is 3.21. The number of benzene rings is 2. The topological polar surface area (TPSA) is 78.5 Å². The van der Waals surface area contributed by atoms with E-state index in [-0.39, 0.29) is 17.1 Å². The zero-order valence-corrected chi connectivity index (χ0v) is 17.7. The zero-order valence-electron chi connectivity index (χ0n) is 16.9. The first-order chi connectivity index (χ1) is 14.7. The molecule has 0 unspecified atom stereocenters. The first kappa shape index (κ1) is 20.2. The number of nitrogens with zero attached hydrogens (tertiary/aromatic N) is 4. The molecule has 0 amide bonds. The molecule has 2 heterocycles. The summed E-state index contributed by atoms with van der Waals surface area (Å²) in [5.41, 5.74) is 1.20. The fourth-order valence-electron chi connectivity index (χ4n) is 3.43. The number of hydrogen-bond acceptors (Lipinski definition) is 6. The lowest BCUT2D eigenvalue weighted by atomic mass is 10.1. The van der Waals surface area contributed by atoms with Crippen LogP contribution in [0.3, 0.4) is 0 Å². The van der Waals surface area contributed by atoms with Gasteiger partial charge < -0.3 is 4.74 Å². The van der Waals surface area contributed by atoms with Crippen LogP contribution in [0.1, 0.15) is 30.1 Å². The highest BCUT2D eigenvalue weighted by atomic mass is 32.2. The van der Waals surface area contributed by atoms with Gasteiger partial charge in [0.1, 0.15) is 5.75 Å². The molecule has 0 saturated carbocycles. The number of hydrogen-bond donors (Lipinski definition) is 0. The van der Waals surface area contributed by atoms with Gasteiger partial charge in [-0.1, -0.05) is 49.4 Å². The summed E-state index contributed by atoms with van der Waals surface area (Å²) in [6.07, 6.45) is 1.84. The SMILES string of the molecule is CCCCn1c(=O)c2ccccc2n2c(SCC(=O)c3ccccc3OC)nnc12. The number of ketones is 1. The Kier molecular flexibility index (Phi) is 5.85. The molecule has 0 aliphatic heterocycles. The zero-order chi connectivity index (χ0) is 21.1. The maximum atomic E-state index is 13.0. The van der Waals surface area contributed by atoms with Crippen molar-refractivity contribution in [2.24, 2.45) is 0 Å². The van der Waals surface area contributed by atoms with Crippen LogP contribution in [0.4, 0.5) is 0 Å². The maximum absolute atomic E-state index is 13.0. The molecule has 0 bridgehead atoms. The van der Waals surface area contributed by atoms with Crippen LogP contribution in [0, 0.1) is 0 Å². The second kappa shape index (κ2) is 8.71. The van der Waals surface area contributed by atoms with Crippen molar-refractivity contribution in [2.75, 3.05) is 12.9 Å². The van der Waals surface area contributed by atoms with Crippen LogP contribution in [-0.2, 0) is 6.54 Å². The highest BCUT2D eigenvalue weighted by Crippen LogP contribution is 2.25. The van der Waals surface area contributed by atoms with E-state index in [9.17, 15) is 9.59 Å². The van der Waals surface area contributed by atoms with Gasteiger partial charge in [-0.3, -0.25) is 18.6 Å². The third kappa shape index (κ3) is 3.59. The molecule has 30 heavy (non-hydrogen) atoms. The van der Waals surface area contributed by atoms with Crippen LogP contribution in [0.2, 0.25) is 0 Å². The number of rotatable bonds is 8. The van der Waals surface area contributed by atoms with Crippen molar-refractivity contribution >= 4 is 34.2 Å². The largest absolute Gasteiger partial charge is 0.496 e. The van der Waals surface area contributed by atoms with E-state index < -0.39 is 0 Å². The molecule has 0 radical (unpaired) electrons. The van der Waals surface area contributed by atoms with Crippen molar-refractivity contribution in [3.8, 4) is 5.75 Å². The standard InChI is InChI=1S/C22H22N4O3S/c1-3-4-13-25-20(28)15-9-5-7-11-17(15)26-21(25)23-24-22(26)30-14-18(27)16-10-6-8-12-19(16)29-2/h5-12H,3-4,13-14H2,1-2H3. The molecular formula is C22H22N4O3S. The molecule has 0 aliphatic carbocycles. The molecule has 0 fully saturated rings. The van der Waals surface area contributed by atoms with Gasteiger partial charge in [-0.25, -0.2) is 0 Å². The van der Waals surface area contributed by atoms with Crippen molar-refractivity contribution in [1.82, 2.24) is 19.2 Å². The van der Waals surface area contributed by atoms with Gasteiger partial charge in [0.25, 0.3) is 5.56 Å².